The highest BCUT2D eigenvalue weighted by molar-refractivity contribution is 5.79. The van der Waals surface area contributed by atoms with Gasteiger partial charge in [0.05, 0.1) is 19.3 Å². The molecule has 4 nitrogen and oxygen atoms in total. The van der Waals surface area contributed by atoms with Crippen LogP contribution in [0.5, 0.6) is 0 Å². The third-order valence-corrected chi connectivity index (χ3v) is 4.04. The average Bonchev–Trinajstić information content (AvgIpc) is 2.39. The molecule has 0 aromatic heterocycles. The van der Waals surface area contributed by atoms with Crippen molar-refractivity contribution >= 4 is 5.91 Å². The van der Waals surface area contributed by atoms with Crippen LogP contribution in [-0.4, -0.2) is 62.1 Å². The summed E-state index contributed by atoms with van der Waals surface area (Å²) in [7, 11) is 4.11. The Balaban J connectivity index is 1.96. The van der Waals surface area contributed by atoms with E-state index in [4.69, 9.17) is 4.74 Å². The molecule has 0 radical (unpaired) electrons. The molecular formula is C14H26N2O2. The van der Waals surface area contributed by atoms with E-state index in [9.17, 15) is 4.79 Å². The lowest BCUT2D eigenvalue weighted by molar-refractivity contribution is -0.145. The molecule has 0 N–H and O–H groups in total. The smallest absolute Gasteiger partial charge is 0.226 e. The molecule has 4 heteroatoms. The predicted molar refractivity (Wildman–Crippen MR) is 71.4 cm³/mol. The molecule has 1 aliphatic carbocycles. The van der Waals surface area contributed by atoms with E-state index in [1.54, 1.807) is 0 Å². The van der Waals surface area contributed by atoms with Crippen LogP contribution < -0.4 is 0 Å². The van der Waals surface area contributed by atoms with Gasteiger partial charge in [-0.25, -0.2) is 0 Å². The van der Waals surface area contributed by atoms with Crippen molar-refractivity contribution < 1.29 is 9.53 Å². The normalized spacial score (nSPS) is 26.6. The molecule has 1 amide bonds. The summed E-state index contributed by atoms with van der Waals surface area (Å²) in [5.41, 5.74) is 0. The maximum Gasteiger partial charge on any atom is 0.226 e. The second-order valence-corrected chi connectivity index (χ2v) is 5.86. The summed E-state index contributed by atoms with van der Waals surface area (Å²) in [5.74, 6) is 0.659. The Morgan fingerprint density at radius 1 is 1.28 bits per heavy atom. The van der Waals surface area contributed by atoms with Crippen LogP contribution >= 0.6 is 0 Å². The van der Waals surface area contributed by atoms with E-state index < -0.39 is 0 Å². The fourth-order valence-corrected chi connectivity index (χ4v) is 3.10. The molecule has 1 saturated heterocycles. The summed E-state index contributed by atoms with van der Waals surface area (Å²) in [4.78, 5) is 16.8. The second-order valence-electron chi connectivity index (χ2n) is 5.86. The Bertz CT molecular complexity index is 275. The van der Waals surface area contributed by atoms with Gasteiger partial charge in [0.15, 0.2) is 0 Å². The zero-order chi connectivity index (χ0) is 13.0. The van der Waals surface area contributed by atoms with Gasteiger partial charge in [0, 0.05) is 19.0 Å². The Morgan fingerprint density at radius 3 is 2.67 bits per heavy atom. The maximum atomic E-state index is 12.6. The van der Waals surface area contributed by atoms with Crippen LogP contribution in [0.4, 0.5) is 0 Å². The third-order valence-electron chi connectivity index (χ3n) is 4.04. The molecule has 0 aromatic rings. The second kappa shape index (κ2) is 6.53. The number of nitrogens with zero attached hydrogens (tertiary/aromatic N) is 2. The fourth-order valence-electron chi connectivity index (χ4n) is 3.10. The standard InChI is InChI=1S/C14H26N2O2/c1-15(2)10-13-11-18-9-8-16(13)14(17)12-6-4-3-5-7-12/h12-13H,3-11H2,1-2H3/t13-/m1/s1. The summed E-state index contributed by atoms with van der Waals surface area (Å²) >= 11 is 0. The Morgan fingerprint density at radius 2 is 2.00 bits per heavy atom. The molecule has 0 spiro atoms. The molecule has 1 aliphatic heterocycles. The number of hydrogen-bond donors (Lipinski definition) is 0. The highest BCUT2D eigenvalue weighted by atomic mass is 16.5. The van der Waals surface area contributed by atoms with Crippen LogP contribution in [0.1, 0.15) is 32.1 Å². The molecule has 2 fully saturated rings. The van der Waals surface area contributed by atoms with Crippen LogP contribution in [0.15, 0.2) is 0 Å². The van der Waals surface area contributed by atoms with Crippen molar-refractivity contribution in [2.45, 2.75) is 38.1 Å². The lowest BCUT2D eigenvalue weighted by Gasteiger charge is -2.39. The van der Waals surface area contributed by atoms with Crippen molar-refractivity contribution in [3.8, 4) is 0 Å². The number of carbonyl (C=O) groups excluding carboxylic acids is 1. The van der Waals surface area contributed by atoms with E-state index >= 15 is 0 Å². The quantitative estimate of drug-likeness (QED) is 0.762. The van der Waals surface area contributed by atoms with Gasteiger partial charge in [-0.15, -0.1) is 0 Å². The zero-order valence-electron chi connectivity index (χ0n) is 11.7. The van der Waals surface area contributed by atoms with Gasteiger partial charge in [-0.05, 0) is 26.9 Å². The number of rotatable bonds is 3. The van der Waals surface area contributed by atoms with Crippen LogP contribution in [-0.2, 0) is 9.53 Å². The molecule has 1 atom stereocenters. The number of carbonyl (C=O) groups is 1. The summed E-state index contributed by atoms with van der Waals surface area (Å²) in [5, 5.41) is 0. The van der Waals surface area contributed by atoms with Crippen LogP contribution in [0.3, 0.4) is 0 Å². The number of likely N-dealkylation sites (N-methyl/N-ethyl adjacent to an activating group) is 1. The first kappa shape index (κ1) is 13.8. The number of amides is 1. The molecule has 2 rings (SSSR count). The summed E-state index contributed by atoms with van der Waals surface area (Å²) in [6, 6.07) is 0.239. The van der Waals surface area contributed by atoms with Gasteiger partial charge in [-0.3, -0.25) is 4.79 Å². The Labute approximate surface area is 110 Å². The van der Waals surface area contributed by atoms with E-state index in [2.05, 4.69) is 23.9 Å². The van der Waals surface area contributed by atoms with E-state index in [1.807, 2.05) is 0 Å². The van der Waals surface area contributed by atoms with Crippen LogP contribution in [0, 0.1) is 5.92 Å². The average molecular weight is 254 g/mol. The lowest BCUT2D eigenvalue weighted by Crippen LogP contribution is -2.54. The first-order valence-electron chi connectivity index (χ1n) is 7.21. The molecular weight excluding hydrogens is 228 g/mol. The largest absolute Gasteiger partial charge is 0.377 e. The van der Waals surface area contributed by atoms with Crippen molar-refractivity contribution in [2.24, 2.45) is 5.92 Å². The molecule has 18 heavy (non-hydrogen) atoms. The van der Waals surface area contributed by atoms with Gasteiger partial charge in [0.2, 0.25) is 5.91 Å². The van der Waals surface area contributed by atoms with E-state index in [-0.39, 0.29) is 12.0 Å². The third kappa shape index (κ3) is 3.45. The topological polar surface area (TPSA) is 32.8 Å². The minimum atomic E-state index is 0.239. The minimum Gasteiger partial charge on any atom is -0.377 e. The summed E-state index contributed by atoms with van der Waals surface area (Å²) in [6.07, 6.45) is 5.92. The molecule has 1 heterocycles. The fraction of sp³-hybridized carbons (Fsp3) is 0.929. The minimum absolute atomic E-state index is 0.239. The first-order chi connectivity index (χ1) is 8.68. The zero-order valence-corrected chi connectivity index (χ0v) is 11.7. The van der Waals surface area contributed by atoms with Crippen molar-refractivity contribution in [3.63, 3.8) is 0 Å². The van der Waals surface area contributed by atoms with Gasteiger partial charge in [0.1, 0.15) is 0 Å². The van der Waals surface area contributed by atoms with E-state index in [1.165, 1.54) is 19.3 Å². The number of morpholine rings is 1. The Hall–Kier alpha value is -0.610. The predicted octanol–water partition coefficient (Wildman–Crippen LogP) is 1.36. The molecule has 2 aliphatic rings. The van der Waals surface area contributed by atoms with Gasteiger partial charge in [-0.2, -0.15) is 0 Å². The van der Waals surface area contributed by atoms with Crippen molar-refractivity contribution in [2.75, 3.05) is 40.4 Å². The van der Waals surface area contributed by atoms with E-state index in [0.29, 0.717) is 19.1 Å². The summed E-state index contributed by atoms with van der Waals surface area (Å²) < 4.78 is 5.53. The van der Waals surface area contributed by atoms with Crippen molar-refractivity contribution in [1.29, 1.82) is 0 Å². The summed E-state index contributed by atoms with van der Waals surface area (Å²) in [6.45, 7) is 3.06. The van der Waals surface area contributed by atoms with Gasteiger partial charge in [0.25, 0.3) is 0 Å². The molecule has 0 unspecified atom stereocenters. The number of hydrogen-bond acceptors (Lipinski definition) is 3. The van der Waals surface area contributed by atoms with Crippen LogP contribution in [0.2, 0.25) is 0 Å². The van der Waals surface area contributed by atoms with Gasteiger partial charge < -0.3 is 14.5 Å². The maximum absolute atomic E-state index is 12.6. The van der Waals surface area contributed by atoms with Crippen molar-refractivity contribution in [1.82, 2.24) is 9.80 Å². The van der Waals surface area contributed by atoms with E-state index in [0.717, 1.165) is 25.9 Å². The monoisotopic (exact) mass is 254 g/mol. The van der Waals surface area contributed by atoms with Crippen molar-refractivity contribution in [3.05, 3.63) is 0 Å². The number of ether oxygens (including phenoxy) is 1. The molecule has 104 valence electrons. The van der Waals surface area contributed by atoms with Gasteiger partial charge >= 0.3 is 0 Å². The molecule has 0 bridgehead atoms. The molecule has 1 saturated carbocycles. The first-order valence-corrected chi connectivity index (χ1v) is 7.21. The SMILES string of the molecule is CN(C)C[C@@H]1COCCN1C(=O)C1CCCCC1. The molecule has 0 aromatic carbocycles. The Kier molecular flexibility index (Phi) is 5.01. The lowest BCUT2D eigenvalue weighted by atomic mass is 9.88. The highest BCUT2D eigenvalue weighted by Gasteiger charge is 2.32. The highest BCUT2D eigenvalue weighted by Crippen LogP contribution is 2.26. The van der Waals surface area contributed by atoms with Gasteiger partial charge in [-0.1, -0.05) is 19.3 Å². The van der Waals surface area contributed by atoms with Crippen LogP contribution in [0.25, 0.3) is 0 Å².